The Morgan fingerprint density at radius 3 is 1.94 bits per heavy atom. The van der Waals surface area contributed by atoms with Gasteiger partial charge in [0, 0.05) is 0 Å². The van der Waals surface area contributed by atoms with Gasteiger partial charge in [-0.3, -0.25) is 14.9 Å². The Hall–Kier alpha value is -2.84. The second-order valence-electron chi connectivity index (χ2n) is 10.4. The van der Waals surface area contributed by atoms with Gasteiger partial charge < -0.3 is 16.2 Å². The molecule has 0 saturated heterocycles. The third-order valence-electron chi connectivity index (χ3n) is 7.02. The Bertz CT molecular complexity index is 1060. The smallest absolute Gasteiger partial charge is 0.314 e. The lowest BCUT2D eigenvalue weighted by Gasteiger charge is -2.27. The number of rotatable bonds is 11. The molecule has 188 valence electrons. The van der Waals surface area contributed by atoms with Crippen molar-refractivity contribution in [2.75, 3.05) is 0 Å². The third kappa shape index (κ3) is 5.70. The summed E-state index contributed by atoms with van der Waals surface area (Å²) in [5, 5.41) is 15.1. The van der Waals surface area contributed by atoms with Crippen LogP contribution in [-0.2, 0) is 15.0 Å². The molecule has 2 atom stereocenters. The number of carboxylic acids is 1. The van der Waals surface area contributed by atoms with Gasteiger partial charge in [-0.05, 0) is 60.3 Å². The minimum Gasteiger partial charge on any atom is -0.481 e. The molecule has 5 N–H and O–H groups in total. The predicted octanol–water partition coefficient (Wildman–Crippen LogP) is 4.35. The fraction of sp³-hybridized carbons (Fsp3) is 0.481. The average Bonchev–Trinajstić information content (AvgIpc) is 3.74. The van der Waals surface area contributed by atoms with Crippen molar-refractivity contribution in [1.82, 2.24) is 10.6 Å². The summed E-state index contributed by atoms with van der Waals surface area (Å²) in [5.74, 6) is -1.02. The maximum absolute atomic E-state index is 14.1. The van der Waals surface area contributed by atoms with Crippen molar-refractivity contribution in [1.29, 1.82) is 0 Å². The van der Waals surface area contributed by atoms with E-state index in [4.69, 9.17) is 5.73 Å². The summed E-state index contributed by atoms with van der Waals surface area (Å²) >= 11 is 0. The molecule has 2 fully saturated rings. The lowest BCUT2D eigenvalue weighted by Crippen LogP contribution is -2.53. The fourth-order valence-corrected chi connectivity index (χ4v) is 4.46. The van der Waals surface area contributed by atoms with Crippen LogP contribution in [0.5, 0.6) is 0 Å². The molecule has 6 nitrogen and oxygen atoms in total. The number of nitrogens with one attached hydrogen (secondary N) is 2. The number of hydrogen-bond acceptors (Lipinski definition) is 4. The highest BCUT2D eigenvalue weighted by molar-refractivity contribution is 5.85. The standard InChI is InChI=1S/C27H33F2N3O3/c1-16(2)15-21(24(33)32-27(30)13-14-27)31-22(23(28)29)19-5-3-17(4-6-19)18-7-9-20(10-8-18)26(11-12-26)25(34)35/h3-10,16,21-23,31H,11-15,30H2,1-2H3,(H,32,33)(H,34,35)/t21-,22-/m0/s1. The first-order valence-corrected chi connectivity index (χ1v) is 12.1. The van der Waals surface area contributed by atoms with Gasteiger partial charge in [0.25, 0.3) is 6.43 Å². The molecule has 0 spiro atoms. The van der Waals surface area contributed by atoms with Crippen LogP contribution in [0.3, 0.4) is 0 Å². The lowest BCUT2D eigenvalue weighted by molar-refractivity contribution is -0.140. The first-order chi connectivity index (χ1) is 16.5. The largest absolute Gasteiger partial charge is 0.481 e. The molecule has 8 heteroatoms. The van der Waals surface area contributed by atoms with Gasteiger partial charge in [-0.15, -0.1) is 0 Å². The van der Waals surface area contributed by atoms with Crippen LogP contribution < -0.4 is 16.4 Å². The summed E-state index contributed by atoms with van der Waals surface area (Å²) in [6.45, 7) is 3.88. The Morgan fingerprint density at radius 1 is 0.971 bits per heavy atom. The number of amides is 1. The van der Waals surface area contributed by atoms with E-state index in [1.54, 1.807) is 24.3 Å². The molecule has 0 radical (unpaired) electrons. The Morgan fingerprint density at radius 2 is 1.51 bits per heavy atom. The molecule has 0 heterocycles. The van der Waals surface area contributed by atoms with E-state index in [9.17, 15) is 23.5 Å². The molecular weight excluding hydrogens is 452 g/mol. The third-order valence-corrected chi connectivity index (χ3v) is 7.02. The normalized spacial score (nSPS) is 19.3. The fourth-order valence-electron chi connectivity index (χ4n) is 4.46. The SMILES string of the molecule is CC(C)C[C@H](N[C@@H](c1ccc(-c2ccc(C3(C(=O)O)CC3)cc2)cc1)C(F)F)C(=O)NC1(N)CC1. The Kier molecular flexibility index (Phi) is 6.97. The van der Waals surface area contributed by atoms with E-state index in [0.717, 1.165) is 16.7 Å². The molecule has 4 rings (SSSR count). The van der Waals surface area contributed by atoms with Crippen LogP contribution in [0, 0.1) is 5.92 Å². The molecule has 0 bridgehead atoms. The number of carbonyl (C=O) groups is 2. The van der Waals surface area contributed by atoms with Crippen molar-refractivity contribution in [2.45, 2.75) is 75.5 Å². The zero-order valence-corrected chi connectivity index (χ0v) is 20.1. The van der Waals surface area contributed by atoms with Crippen LogP contribution in [0.2, 0.25) is 0 Å². The highest BCUT2D eigenvalue weighted by Gasteiger charge is 2.51. The van der Waals surface area contributed by atoms with E-state index in [-0.39, 0.29) is 11.8 Å². The van der Waals surface area contributed by atoms with Gasteiger partial charge in [-0.1, -0.05) is 62.4 Å². The van der Waals surface area contributed by atoms with Crippen molar-refractivity contribution < 1.29 is 23.5 Å². The van der Waals surface area contributed by atoms with Crippen molar-refractivity contribution >= 4 is 11.9 Å². The Labute approximate surface area is 204 Å². The van der Waals surface area contributed by atoms with E-state index in [1.165, 1.54) is 0 Å². The van der Waals surface area contributed by atoms with Gasteiger partial charge in [0.15, 0.2) is 0 Å². The number of aliphatic carboxylic acids is 1. The van der Waals surface area contributed by atoms with Crippen molar-refractivity contribution in [3.8, 4) is 11.1 Å². The topological polar surface area (TPSA) is 104 Å². The molecule has 0 aromatic heterocycles. The second-order valence-corrected chi connectivity index (χ2v) is 10.4. The number of benzene rings is 2. The molecular formula is C27H33F2N3O3. The summed E-state index contributed by atoms with van der Waals surface area (Å²) in [6.07, 6.45) is 0.353. The maximum Gasteiger partial charge on any atom is 0.314 e. The van der Waals surface area contributed by atoms with Crippen molar-refractivity contribution in [2.24, 2.45) is 11.7 Å². The first-order valence-electron chi connectivity index (χ1n) is 12.1. The van der Waals surface area contributed by atoms with Crippen LogP contribution in [0.25, 0.3) is 11.1 Å². The van der Waals surface area contributed by atoms with Gasteiger partial charge >= 0.3 is 5.97 Å². The van der Waals surface area contributed by atoms with Gasteiger partial charge in [0.1, 0.15) is 0 Å². The zero-order chi connectivity index (χ0) is 25.4. The monoisotopic (exact) mass is 485 g/mol. The number of carboxylic acid groups (broad SMARTS) is 1. The number of halogens is 2. The molecule has 2 aromatic carbocycles. The van der Waals surface area contributed by atoms with Crippen LogP contribution in [0.15, 0.2) is 48.5 Å². The molecule has 0 aliphatic heterocycles. The molecule has 2 aliphatic rings. The highest BCUT2D eigenvalue weighted by atomic mass is 19.3. The van der Waals surface area contributed by atoms with Crippen LogP contribution >= 0.6 is 0 Å². The first kappa shape index (κ1) is 25.3. The van der Waals surface area contributed by atoms with E-state index in [1.807, 2.05) is 38.1 Å². The minimum atomic E-state index is -2.71. The van der Waals surface area contributed by atoms with Gasteiger partial charge in [0.2, 0.25) is 5.91 Å². The number of alkyl halides is 2. The number of hydrogen-bond donors (Lipinski definition) is 4. The maximum atomic E-state index is 14.1. The quantitative estimate of drug-likeness (QED) is 0.355. The van der Waals surface area contributed by atoms with Gasteiger partial charge in [-0.2, -0.15) is 0 Å². The number of carbonyl (C=O) groups excluding carboxylic acids is 1. The van der Waals surface area contributed by atoms with E-state index >= 15 is 0 Å². The van der Waals surface area contributed by atoms with Crippen molar-refractivity contribution in [3.05, 3.63) is 59.7 Å². The molecule has 1 amide bonds. The predicted molar refractivity (Wildman–Crippen MR) is 130 cm³/mol. The lowest BCUT2D eigenvalue weighted by atomic mass is 9.93. The molecule has 0 unspecified atom stereocenters. The summed E-state index contributed by atoms with van der Waals surface area (Å²) in [5.41, 5.74) is 7.41. The highest BCUT2D eigenvalue weighted by Crippen LogP contribution is 2.48. The second kappa shape index (κ2) is 9.66. The van der Waals surface area contributed by atoms with Crippen molar-refractivity contribution in [3.63, 3.8) is 0 Å². The molecule has 2 aromatic rings. The van der Waals surface area contributed by atoms with E-state index in [2.05, 4.69) is 10.6 Å². The van der Waals surface area contributed by atoms with E-state index in [0.29, 0.717) is 37.7 Å². The average molecular weight is 486 g/mol. The summed E-state index contributed by atoms with van der Waals surface area (Å²) < 4.78 is 28.2. The van der Waals surface area contributed by atoms with Crippen LogP contribution in [0.1, 0.15) is 63.1 Å². The molecule has 35 heavy (non-hydrogen) atoms. The molecule has 2 aliphatic carbocycles. The van der Waals surface area contributed by atoms with Crippen LogP contribution in [0.4, 0.5) is 8.78 Å². The Balaban J connectivity index is 1.49. The van der Waals surface area contributed by atoms with Gasteiger partial charge in [-0.25, -0.2) is 8.78 Å². The zero-order valence-electron chi connectivity index (χ0n) is 20.1. The molecule has 2 saturated carbocycles. The van der Waals surface area contributed by atoms with E-state index < -0.39 is 35.6 Å². The van der Waals surface area contributed by atoms with Crippen LogP contribution in [-0.4, -0.2) is 35.1 Å². The summed E-state index contributed by atoms with van der Waals surface area (Å²) in [6, 6.07) is 12.1. The summed E-state index contributed by atoms with van der Waals surface area (Å²) in [4.78, 5) is 24.3. The van der Waals surface area contributed by atoms with Gasteiger partial charge in [0.05, 0.1) is 23.2 Å². The number of nitrogens with two attached hydrogens (primary N) is 1. The minimum absolute atomic E-state index is 0.130. The summed E-state index contributed by atoms with van der Waals surface area (Å²) in [7, 11) is 0.